The summed E-state index contributed by atoms with van der Waals surface area (Å²) in [5, 5.41) is 0. The lowest BCUT2D eigenvalue weighted by molar-refractivity contribution is 0.0578. The zero-order valence-electron chi connectivity index (χ0n) is 13.9. The molecular formula is C16H27N3O2. The lowest BCUT2D eigenvalue weighted by atomic mass is 10.1. The second-order valence-corrected chi connectivity index (χ2v) is 6.48. The topological polar surface area (TPSA) is 58.8 Å². The average molecular weight is 293 g/mol. The van der Waals surface area contributed by atoms with E-state index in [1.54, 1.807) is 11.0 Å². The Kier molecular flexibility index (Phi) is 5.61. The second-order valence-electron chi connectivity index (χ2n) is 6.48. The number of rotatable bonds is 4. The van der Waals surface area contributed by atoms with Gasteiger partial charge >= 0.3 is 6.09 Å². The summed E-state index contributed by atoms with van der Waals surface area (Å²) < 4.78 is 5.51. The molecule has 0 aliphatic rings. The first-order valence-electron chi connectivity index (χ1n) is 7.11. The molecule has 0 atom stereocenters. The molecule has 0 aliphatic carbocycles. The van der Waals surface area contributed by atoms with Gasteiger partial charge in [0.1, 0.15) is 5.60 Å². The quantitative estimate of drug-likeness (QED) is 0.867. The number of nitrogen functional groups attached to an aromatic ring is 1. The first-order valence-corrected chi connectivity index (χ1v) is 7.11. The predicted molar refractivity (Wildman–Crippen MR) is 87.7 cm³/mol. The van der Waals surface area contributed by atoms with E-state index in [0.717, 1.165) is 17.8 Å². The normalized spacial score (nSPS) is 11.6. The van der Waals surface area contributed by atoms with Gasteiger partial charge in [0.2, 0.25) is 0 Å². The predicted octanol–water partition coefficient (Wildman–Crippen LogP) is 2.88. The maximum atomic E-state index is 12.5. The van der Waals surface area contributed by atoms with Crippen LogP contribution in [0.2, 0.25) is 0 Å². The highest BCUT2D eigenvalue weighted by Gasteiger charge is 2.24. The smallest absolute Gasteiger partial charge is 0.414 e. The fourth-order valence-electron chi connectivity index (χ4n) is 1.91. The molecule has 0 saturated heterocycles. The Morgan fingerprint density at radius 3 is 2.33 bits per heavy atom. The van der Waals surface area contributed by atoms with Crippen molar-refractivity contribution in [2.75, 3.05) is 37.8 Å². The summed E-state index contributed by atoms with van der Waals surface area (Å²) in [4.78, 5) is 16.2. The van der Waals surface area contributed by atoms with Gasteiger partial charge in [-0.25, -0.2) is 4.79 Å². The average Bonchev–Trinajstić information content (AvgIpc) is 2.29. The van der Waals surface area contributed by atoms with E-state index in [2.05, 4.69) is 0 Å². The molecule has 118 valence electrons. The molecule has 2 N–H and O–H groups in total. The Hall–Kier alpha value is -1.75. The van der Waals surface area contributed by atoms with Gasteiger partial charge in [0.15, 0.2) is 0 Å². The van der Waals surface area contributed by atoms with Gasteiger partial charge in [-0.3, -0.25) is 4.90 Å². The molecule has 0 fully saturated rings. The third-order valence-electron chi connectivity index (χ3n) is 2.90. The maximum Gasteiger partial charge on any atom is 0.414 e. The fourth-order valence-corrected chi connectivity index (χ4v) is 1.91. The van der Waals surface area contributed by atoms with E-state index >= 15 is 0 Å². The molecule has 0 aromatic heterocycles. The van der Waals surface area contributed by atoms with Crippen molar-refractivity contribution in [3.8, 4) is 0 Å². The van der Waals surface area contributed by atoms with Crippen molar-refractivity contribution >= 4 is 17.5 Å². The molecule has 0 spiro atoms. The summed E-state index contributed by atoms with van der Waals surface area (Å²) in [5.41, 5.74) is 7.75. The van der Waals surface area contributed by atoms with Gasteiger partial charge in [0, 0.05) is 18.8 Å². The first kappa shape index (κ1) is 17.3. The number of aryl methyl sites for hydroxylation is 1. The Bertz CT molecular complexity index is 493. The Balaban J connectivity index is 3.03. The Morgan fingerprint density at radius 1 is 1.24 bits per heavy atom. The van der Waals surface area contributed by atoms with E-state index in [0.29, 0.717) is 12.2 Å². The molecule has 0 radical (unpaired) electrons. The van der Waals surface area contributed by atoms with Crippen molar-refractivity contribution in [3.63, 3.8) is 0 Å². The van der Waals surface area contributed by atoms with E-state index in [9.17, 15) is 4.79 Å². The summed E-state index contributed by atoms with van der Waals surface area (Å²) in [6.07, 6.45) is -0.336. The summed E-state index contributed by atoms with van der Waals surface area (Å²) in [6.45, 7) is 8.86. The molecule has 5 heteroatoms. The van der Waals surface area contributed by atoms with Gasteiger partial charge in [-0.1, -0.05) is 0 Å². The summed E-state index contributed by atoms with van der Waals surface area (Å²) in [7, 11) is 3.95. The minimum atomic E-state index is -0.519. The minimum Gasteiger partial charge on any atom is -0.443 e. The van der Waals surface area contributed by atoms with Crippen LogP contribution in [-0.2, 0) is 4.74 Å². The lowest BCUT2D eigenvalue weighted by Gasteiger charge is -2.29. The van der Waals surface area contributed by atoms with Crippen LogP contribution in [0.25, 0.3) is 0 Å². The molecular weight excluding hydrogens is 266 g/mol. The standard InChI is InChI=1S/C16H27N3O2/c1-12-11-13(17)7-8-14(12)19(10-9-18(5)6)15(20)21-16(2,3)4/h7-8,11H,9-10,17H2,1-6H3. The monoisotopic (exact) mass is 293 g/mol. The van der Waals surface area contributed by atoms with Crippen LogP contribution in [-0.4, -0.2) is 43.8 Å². The highest BCUT2D eigenvalue weighted by Crippen LogP contribution is 2.24. The molecule has 1 aromatic carbocycles. The van der Waals surface area contributed by atoms with Gasteiger partial charge in [0.05, 0.1) is 5.69 Å². The van der Waals surface area contributed by atoms with Crippen molar-refractivity contribution in [1.29, 1.82) is 0 Å². The number of ether oxygens (including phenoxy) is 1. The first-order chi connectivity index (χ1) is 9.60. The highest BCUT2D eigenvalue weighted by atomic mass is 16.6. The van der Waals surface area contributed by atoms with Crippen LogP contribution in [0.3, 0.4) is 0 Å². The van der Waals surface area contributed by atoms with Crippen LogP contribution in [0.1, 0.15) is 26.3 Å². The lowest BCUT2D eigenvalue weighted by Crippen LogP contribution is -2.40. The zero-order chi connectivity index (χ0) is 16.2. The number of benzene rings is 1. The zero-order valence-corrected chi connectivity index (χ0v) is 13.9. The molecule has 0 heterocycles. The van der Waals surface area contributed by atoms with Crippen molar-refractivity contribution in [2.45, 2.75) is 33.3 Å². The number of nitrogens with zero attached hydrogens (tertiary/aromatic N) is 2. The molecule has 5 nitrogen and oxygen atoms in total. The third kappa shape index (κ3) is 5.63. The molecule has 0 bridgehead atoms. The Morgan fingerprint density at radius 2 is 1.86 bits per heavy atom. The van der Waals surface area contributed by atoms with Gasteiger partial charge in [-0.2, -0.15) is 0 Å². The molecule has 1 amide bonds. The van der Waals surface area contributed by atoms with E-state index in [1.807, 2.05) is 58.8 Å². The number of carbonyl (C=O) groups excluding carboxylic acids is 1. The molecule has 21 heavy (non-hydrogen) atoms. The van der Waals surface area contributed by atoms with E-state index in [4.69, 9.17) is 10.5 Å². The van der Waals surface area contributed by atoms with Crippen LogP contribution >= 0.6 is 0 Å². The van der Waals surface area contributed by atoms with Gasteiger partial charge < -0.3 is 15.4 Å². The summed E-state index contributed by atoms with van der Waals surface area (Å²) in [5.74, 6) is 0. The molecule has 1 rings (SSSR count). The van der Waals surface area contributed by atoms with Crippen LogP contribution in [0, 0.1) is 6.92 Å². The van der Waals surface area contributed by atoms with Crippen LogP contribution < -0.4 is 10.6 Å². The number of likely N-dealkylation sites (N-methyl/N-ethyl adjacent to an activating group) is 1. The molecule has 0 saturated carbocycles. The summed E-state index contributed by atoms with van der Waals surface area (Å²) >= 11 is 0. The molecule has 0 aliphatic heterocycles. The number of carbonyl (C=O) groups is 1. The van der Waals surface area contributed by atoms with Gasteiger partial charge in [0.25, 0.3) is 0 Å². The third-order valence-corrected chi connectivity index (χ3v) is 2.90. The SMILES string of the molecule is Cc1cc(N)ccc1N(CCN(C)C)C(=O)OC(C)(C)C. The number of hydrogen-bond donors (Lipinski definition) is 1. The van der Waals surface area contributed by atoms with Crippen molar-refractivity contribution in [3.05, 3.63) is 23.8 Å². The number of nitrogens with two attached hydrogens (primary N) is 1. The Labute approximate surface area is 127 Å². The maximum absolute atomic E-state index is 12.5. The molecule has 0 unspecified atom stereocenters. The molecule has 1 aromatic rings. The van der Waals surface area contributed by atoms with E-state index < -0.39 is 5.60 Å². The van der Waals surface area contributed by atoms with Gasteiger partial charge in [-0.05, 0) is 65.6 Å². The van der Waals surface area contributed by atoms with Crippen molar-refractivity contribution < 1.29 is 9.53 Å². The number of hydrogen-bond acceptors (Lipinski definition) is 4. The number of anilines is 2. The number of amides is 1. The largest absolute Gasteiger partial charge is 0.443 e. The van der Waals surface area contributed by atoms with Crippen LogP contribution in [0.5, 0.6) is 0 Å². The fraction of sp³-hybridized carbons (Fsp3) is 0.562. The van der Waals surface area contributed by atoms with Crippen LogP contribution in [0.4, 0.5) is 16.2 Å². The minimum absolute atomic E-state index is 0.336. The van der Waals surface area contributed by atoms with Crippen LogP contribution in [0.15, 0.2) is 18.2 Å². The highest BCUT2D eigenvalue weighted by molar-refractivity contribution is 5.89. The summed E-state index contributed by atoms with van der Waals surface area (Å²) in [6, 6.07) is 5.53. The van der Waals surface area contributed by atoms with Gasteiger partial charge in [-0.15, -0.1) is 0 Å². The van der Waals surface area contributed by atoms with Crippen molar-refractivity contribution in [2.24, 2.45) is 0 Å². The van der Waals surface area contributed by atoms with E-state index in [-0.39, 0.29) is 6.09 Å². The second kappa shape index (κ2) is 6.80. The van der Waals surface area contributed by atoms with Crippen molar-refractivity contribution in [1.82, 2.24) is 4.90 Å². The van der Waals surface area contributed by atoms with E-state index in [1.165, 1.54) is 0 Å².